The van der Waals surface area contributed by atoms with E-state index in [0.29, 0.717) is 5.92 Å². The van der Waals surface area contributed by atoms with E-state index >= 15 is 0 Å². The van der Waals surface area contributed by atoms with Crippen molar-refractivity contribution in [2.24, 2.45) is 5.92 Å². The standard InChI is InChI=1S/C15H25BrN2/c1-5-6-12(10-18-15(2,3)4)9-14-8-7-13(16)11-17-14/h7-8,11-12,18H,5-6,9-10H2,1-4H3. The van der Waals surface area contributed by atoms with Gasteiger partial charge in [0.2, 0.25) is 0 Å². The molecule has 18 heavy (non-hydrogen) atoms. The number of hydrogen-bond acceptors (Lipinski definition) is 2. The number of halogens is 1. The van der Waals surface area contributed by atoms with Gasteiger partial charge < -0.3 is 5.32 Å². The Balaban J connectivity index is 2.54. The van der Waals surface area contributed by atoms with E-state index in [1.54, 1.807) is 0 Å². The summed E-state index contributed by atoms with van der Waals surface area (Å²) in [7, 11) is 0. The van der Waals surface area contributed by atoms with Gasteiger partial charge in [-0.2, -0.15) is 0 Å². The highest BCUT2D eigenvalue weighted by Gasteiger charge is 2.14. The zero-order valence-corrected chi connectivity index (χ0v) is 13.5. The molecular formula is C15H25BrN2. The molecule has 1 atom stereocenters. The van der Waals surface area contributed by atoms with Crippen LogP contribution in [0.2, 0.25) is 0 Å². The van der Waals surface area contributed by atoms with Gasteiger partial charge in [0.15, 0.2) is 0 Å². The molecule has 0 aromatic carbocycles. The first kappa shape index (κ1) is 15.6. The second kappa shape index (κ2) is 7.25. The van der Waals surface area contributed by atoms with Gasteiger partial charge in [-0.1, -0.05) is 13.3 Å². The average molecular weight is 313 g/mol. The summed E-state index contributed by atoms with van der Waals surface area (Å²) in [6.45, 7) is 9.96. The van der Waals surface area contributed by atoms with Gasteiger partial charge in [0.05, 0.1) is 0 Å². The molecule has 1 unspecified atom stereocenters. The van der Waals surface area contributed by atoms with Crippen molar-refractivity contribution < 1.29 is 0 Å². The molecule has 0 aliphatic rings. The molecule has 0 saturated heterocycles. The van der Waals surface area contributed by atoms with Gasteiger partial charge in [0, 0.05) is 21.9 Å². The second-order valence-corrected chi connectivity index (χ2v) is 6.87. The molecule has 0 aliphatic heterocycles. The van der Waals surface area contributed by atoms with E-state index in [-0.39, 0.29) is 5.54 Å². The highest BCUT2D eigenvalue weighted by Crippen LogP contribution is 2.15. The number of pyridine rings is 1. The van der Waals surface area contributed by atoms with Crippen molar-refractivity contribution in [3.05, 3.63) is 28.5 Å². The molecule has 0 bridgehead atoms. The number of nitrogens with zero attached hydrogens (tertiary/aromatic N) is 1. The van der Waals surface area contributed by atoms with E-state index in [0.717, 1.165) is 17.4 Å². The summed E-state index contributed by atoms with van der Waals surface area (Å²) in [6.07, 6.45) is 5.42. The van der Waals surface area contributed by atoms with E-state index in [1.165, 1.54) is 18.5 Å². The van der Waals surface area contributed by atoms with Crippen LogP contribution in [0.4, 0.5) is 0 Å². The van der Waals surface area contributed by atoms with Crippen molar-refractivity contribution in [2.75, 3.05) is 6.54 Å². The van der Waals surface area contributed by atoms with Gasteiger partial charge >= 0.3 is 0 Å². The molecule has 0 fully saturated rings. The van der Waals surface area contributed by atoms with Crippen LogP contribution >= 0.6 is 15.9 Å². The third-order valence-electron chi connectivity index (χ3n) is 2.90. The fourth-order valence-electron chi connectivity index (χ4n) is 1.96. The summed E-state index contributed by atoms with van der Waals surface area (Å²) in [5.74, 6) is 0.669. The topological polar surface area (TPSA) is 24.9 Å². The van der Waals surface area contributed by atoms with Crippen molar-refractivity contribution in [1.29, 1.82) is 0 Å². The highest BCUT2D eigenvalue weighted by atomic mass is 79.9. The minimum absolute atomic E-state index is 0.194. The lowest BCUT2D eigenvalue weighted by Gasteiger charge is -2.25. The van der Waals surface area contributed by atoms with Gasteiger partial charge in [-0.25, -0.2) is 0 Å². The molecule has 0 amide bonds. The Morgan fingerprint density at radius 1 is 1.33 bits per heavy atom. The van der Waals surface area contributed by atoms with Crippen LogP contribution in [0.15, 0.2) is 22.8 Å². The van der Waals surface area contributed by atoms with E-state index in [9.17, 15) is 0 Å². The average Bonchev–Trinajstić information content (AvgIpc) is 2.28. The Kier molecular flexibility index (Phi) is 6.30. The van der Waals surface area contributed by atoms with Gasteiger partial charge in [-0.15, -0.1) is 0 Å². The summed E-state index contributed by atoms with van der Waals surface area (Å²) in [4.78, 5) is 4.47. The maximum Gasteiger partial charge on any atom is 0.0413 e. The molecule has 0 aliphatic carbocycles. The summed E-state index contributed by atoms with van der Waals surface area (Å²) in [6, 6.07) is 4.19. The number of rotatable bonds is 6. The molecule has 3 heteroatoms. The molecule has 0 radical (unpaired) electrons. The lowest BCUT2D eigenvalue weighted by molar-refractivity contribution is 0.353. The third kappa shape index (κ3) is 6.50. The van der Waals surface area contributed by atoms with E-state index in [2.05, 4.69) is 66.1 Å². The van der Waals surface area contributed by atoms with Gasteiger partial charge in [0.1, 0.15) is 0 Å². The fourth-order valence-corrected chi connectivity index (χ4v) is 2.19. The van der Waals surface area contributed by atoms with Crippen LogP contribution in [0.3, 0.4) is 0 Å². The minimum Gasteiger partial charge on any atom is -0.312 e. The fraction of sp³-hybridized carbons (Fsp3) is 0.667. The van der Waals surface area contributed by atoms with Crippen LogP contribution in [0.5, 0.6) is 0 Å². The first-order valence-corrected chi connectivity index (χ1v) is 7.55. The summed E-state index contributed by atoms with van der Waals surface area (Å²) < 4.78 is 1.05. The molecule has 1 rings (SSSR count). The van der Waals surface area contributed by atoms with Gasteiger partial charge in [-0.05, 0) is 74.1 Å². The number of aromatic nitrogens is 1. The Morgan fingerprint density at radius 2 is 2.06 bits per heavy atom. The normalized spacial score (nSPS) is 13.6. The van der Waals surface area contributed by atoms with Crippen LogP contribution in [0.1, 0.15) is 46.2 Å². The quantitative estimate of drug-likeness (QED) is 0.852. The molecule has 1 heterocycles. The summed E-state index contributed by atoms with van der Waals surface area (Å²) in [5.41, 5.74) is 1.38. The summed E-state index contributed by atoms with van der Waals surface area (Å²) >= 11 is 3.42. The molecule has 1 aromatic heterocycles. The largest absolute Gasteiger partial charge is 0.312 e. The molecule has 102 valence electrons. The van der Waals surface area contributed by atoms with Crippen molar-refractivity contribution in [3.63, 3.8) is 0 Å². The molecule has 1 N–H and O–H groups in total. The second-order valence-electron chi connectivity index (χ2n) is 5.96. The third-order valence-corrected chi connectivity index (χ3v) is 3.37. The molecular weight excluding hydrogens is 288 g/mol. The van der Waals surface area contributed by atoms with Crippen LogP contribution in [0.25, 0.3) is 0 Å². The lowest BCUT2D eigenvalue weighted by atomic mass is 9.96. The van der Waals surface area contributed by atoms with E-state index in [4.69, 9.17) is 0 Å². The molecule has 0 saturated carbocycles. The predicted octanol–water partition coefficient (Wildman–Crippen LogP) is 4.19. The van der Waals surface area contributed by atoms with Gasteiger partial charge in [0.25, 0.3) is 0 Å². The highest BCUT2D eigenvalue weighted by molar-refractivity contribution is 9.10. The Hall–Kier alpha value is -0.410. The lowest BCUT2D eigenvalue weighted by Crippen LogP contribution is -2.39. The smallest absolute Gasteiger partial charge is 0.0413 e. The van der Waals surface area contributed by atoms with E-state index in [1.807, 2.05) is 6.20 Å². The van der Waals surface area contributed by atoms with Crippen LogP contribution in [-0.2, 0) is 6.42 Å². The van der Waals surface area contributed by atoms with Gasteiger partial charge in [-0.3, -0.25) is 4.98 Å². The Labute approximate surface area is 120 Å². The monoisotopic (exact) mass is 312 g/mol. The molecule has 2 nitrogen and oxygen atoms in total. The van der Waals surface area contributed by atoms with Crippen LogP contribution in [0, 0.1) is 5.92 Å². The van der Waals surface area contributed by atoms with Crippen molar-refractivity contribution in [1.82, 2.24) is 10.3 Å². The first-order valence-electron chi connectivity index (χ1n) is 6.76. The Morgan fingerprint density at radius 3 is 2.56 bits per heavy atom. The molecule has 1 aromatic rings. The maximum absolute atomic E-state index is 4.47. The Bertz CT molecular complexity index is 341. The van der Waals surface area contributed by atoms with E-state index < -0.39 is 0 Å². The van der Waals surface area contributed by atoms with Crippen molar-refractivity contribution >= 4 is 15.9 Å². The van der Waals surface area contributed by atoms with Crippen LogP contribution in [-0.4, -0.2) is 17.1 Å². The maximum atomic E-state index is 4.47. The van der Waals surface area contributed by atoms with Crippen molar-refractivity contribution in [2.45, 2.75) is 52.5 Å². The summed E-state index contributed by atoms with van der Waals surface area (Å²) in [5, 5.41) is 3.60. The zero-order valence-electron chi connectivity index (χ0n) is 12.0. The predicted molar refractivity (Wildman–Crippen MR) is 81.8 cm³/mol. The minimum atomic E-state index is 0.194. The first-order chi connectivity index (χ1) is 8.40. The number of nitrogens with one attached hydrogen (secondary N) is 1. The number of hydrogen-bond donors (Lipinski definition) is 1. The zero-order chi connectivity index (χ0) is 13.6. The van der Waals surface area contributed by atoms with Crippen molar-refractivity contribution in [3.8, 4) is 0 Å². The SMILES string of the molecule is CCCC(CNC(C)(C)C)Cc1ccc(Br)cn1. The van der Waals surface area contributed by atoms with Crippen LogP contribution < -0.4 is 5.32 Å². The molecule has 0 spiro atoms.